The zero-order valence-electron chi connectivity index (χ0n) is 12.3. The summed E-state index contributed by atoms with van der Waals surface area (Å²) in [5.41, 5.74) is -0.710. The number of esters is 1. The van der Waals surface area contributed by atoms with Gasteiger partial charge in [-0.05, 0) is 34.6 Å². The van der Waals surface area contributed by atoms with Crippen LogP contribution in [0, 0.1) is 0 Å². The van der Waals surface area contributed by atoms with Crippen molar-refractivity contribution < 1.29 is 14.6 Å². The predicted octanol–water partition coefficient (Wildman–Crippen LogP) is 1.81. The van der Waals surface area contributed by atoms with Gasteiger partial charge in [0.15, 0.2) is 0 Å². The summed E-state index contributed by atoms with van der Waals surface area (Å²) >= 11 is 1.57. The zero-order chi connectivity index (χ0) is 14.3. The fourth-order valence-electron chi connectivity index (χ4n) is 1.52. The molecule has 0 fully saturated rings. The Kier molecular flexibility index (Phi) is 7.90. The van der Waals surface area contributed by atoms with Crippen LogP contribution in [0.1, 0.15) is 41.5 Å². The molecule has 0 aliphatic rings. The average Bonchev–Trinajstić information content (AvgIpc) is 2.25. The molecule has 0 aromatic rings. The van der Waals surface area contributed by atoms with Crippen molar-refractivity contribution in [3.8, 4) is 0 Å². The minimum absolute atomic E-state index is 0.0905. The van der Waals surface area contributed by atoms with Crippen molar-refractivity contribution in [2.75, 3.05) is 12.4 Å². The molecule has 0 aromatic heterocycles. The van der Waals surface area contributed by atoms with E-state index in [4.69, 9.17) is 4.74 Å². The Hall–Kier alpha value is -0.260. The van der Waals surface area contributed by atoms with E-state index in [1.54, 1.807) is 25.6 Å². The van der Waals surface area contributed by atoms with Gasteiger partial charge in [0.2, 0.25) is 0 Å². The Labute approximate surface area is 115 Å². The van der Waals surface area contributed by atoms with Crippen LogP contribution in [0.3, 0.4) is 0 Å². The number of rotatable bonds is 8. The lowest BCUT2D eigenvalue weighted by molar-refractivity contribution is -0.149. The lowest BCUT2D eigenvalue weighted by Crippen LogP contribution is -2.55. The first kappa shape index (κ1) is 17.7. The second-order valence-electron chi connectivity index (χ2n) is 5.11. The maximum atomic E-state index is 12.0. The smallest absolute Gasteiger partial charge is 0.326 e. The van der Waals surface area contributed by atoms with Gasteiger partial charge in [-0.1, -0.05) is 6.92 Å². The molecule has 0 aliphatic carbocycles. The molecule has 108 valence electrons. The molecule has 2 N–H and O–H groups in total. The van der Waals surface area contributed by atoms with Gasteiger partial charge in [0.1, 0.15) is 5.54 Å². The summed E-state index contributed by atoms with van der Waals surface area (Å²) in [5, 5.41) is 12.8. The molecule has 0 saturated carbocycles. The highest BCUT2D eigenvalue weighted by Gasteiger charge is 2.35. The van der Waals surface area contributed by atoms with E-state index in [9.17, 15) is 9.90 Å². The monoisotopic (exact) mass is 277 g/mol. The van der Waals surface area contributed by atoms with Crippen molar-refractivity contribution in [1.29, 1.82) is 0 Å². The van der Waals surface area contributed by atoms with Crippen molar-refractivity contribution in [3.05, 3.63) is 0 Å². The second-order valence-corrected chi connectivity index (χ2v) is 6.47. The molecule has 0 amide bonds. The fourth-order valence-corrected chi connectivity index (χ4v) is 2.60. The molecule has 0 radical (unpaired) electrons. The van der Waals surface area contributed by atoms with Gasteiger partial charge in [0.05, 0.1) is 12.7 Å². The Morgan fingerprint density at radius 1 is 1.39 bits per heavy atom. The summed E-state index contributed by atoms with van der Waals surface area (Å²) in [7, 11) is 0. The first-order valence-electron chi connectivity index (χ1n) is 6.47. The highest BCUT2D eigenvalue weighted by Crippen LogP contribution is 2.22. The summed E-state index contributed by atoms with van der Waals surface area (Å²) < 4.78 is 5.12. The molecule has 18 heavy (non-hydrogen) atoms. The van der Waals surface area contributed by atoms with Gasteiger partial charge in [0, 0.05) is 17.0 Å². The van der Waals surface area contributed by atoms with Crippen LogP contribution in [0.15, 0.2) is 0 Å². The highest BCUT2D eigenvalue weighted by atomic mass is 32.2. The minimum Gasteiger partial charge on any atom is -0.465 e. The molecule has 5 heteroatoms. The van der Waals surface area contributed by atoms with E-state index in [-0.39, 0.29) is 23.4 Å². The summed E-state index contributed by atoms with van der Waals surface area (Å²) in [6.45, 7) is 11.8. The van der Waals surface area contributed by atoms with Gasteiger partial charge in [-0.2, -0.15) is 11.8 Å². The summed E-state index contributed by atoms with van der Waals surface area (Å²) in [6, 6.07) is 0.196. The summed E-state index contributed by atoms with van der Waals surface area (Å²) in [6.07, 6.45) is -0.388. The number of carbonyl (C=O) groups excluding carboxylic acids is 1. The van der Waals surface area contributed by atoms with Crippen molar-refractivity contribution in [1.82, 2.24) is 5.32 Å². The molecule has 0 spiro atoms. The van der Waals surface area contributed by atoms with Gasteiger partial charge >= 0.3 is 5.97 Å². The van der Waals surface area contributed by atoms with Crippen LogP contribution >= 0.6 is 11.8 Å². The van der Waals surface area contributed by atoms with Crippen molar-refractivity contribution in [2.45, 2.75) is 64.5 Å². The Balaban J connectivity index is 4.61. The van der Waals surface area contributed by atoms with Crippen molar-refractivity contribution >= 4 is 17.7 Å². The molecule has 0 heterocycles. The Bertz CT molecular complexity index is 259. The van der Waals surface area contributed by atoms with E-state index < -0.39 is 5.54 Å². The van der Waals surface area contributed by atoms with Crippen molar-refractivity contribution in [2.24, 2.45) is 0 Å². The average molecular weight is 277 g/mol. The number of aliphatic hydroxyl groups is 1. The van der Waals surface area contributed by atoms with Crippen molar-refractivity contribution in [3.63, 3.8) is 0 Å². The van der Waals surface area contributed by atoms with E-state index in [2.05, 4.69) is 5.32 Å². The Morgan fingerprint density at radius 2 is 1.94 bits per heavy atom. The third-order valence-corrected chi connectivity index (χ3v) is 4.31. The first-order valence-corrected chi connectivity index (χ1v) is 7.52. The third kappa shape index (κ3) is 6.07. The normalized spacial score (nSPS) is 18.2. The molecule has 0 aromatic carbocycles. The molecule has 0 aliphatic heterocycles. The number of thioether (sulfide) groups is 1. The molecule has 3 atom stereocenters. The van der Waals surface area contributed by atoms with E-state index >= 15 is 0 Å². The van der Waals surface area contributed by atoms with Gasteiger partial charge in [-0.3, -0.25) is 10.1 Å². The van der Waals surface area contributed by atoms with Crippen LogP contribution in [0.2, 0.25) is 0 Å². The van der Waals surface area contributed by atoms with Gasteiger partial charge in [0.25, 0.3) is 0 Å². The minimum atomic E-state index is -0.710. The van der Waals surface area contributed by atoms with Crippen LogP contribution in [-0.2, 0) is 9.53 Å². The molecule has 0 saturated heterocycles. The van der Waals surface area contributed by atoms with Crippen LogP contribution in [-0.4, -0.2) is 46.4 Å². The molecular formula is C13H27NO3S. The number of ether oxygens (including phenoxy) is 1. The predicted molar refractivity (Wildman–Crippen MR) is 76.9 cm³/mol. The lowest BCUT2D eigenvalue weighted by atomic mass is 10.0. The SMILES string of the molecule is CCOC(=O)C(C)(CSC(C)C(C)O)NC(C)C. The summed E-state index contributed by atoms with van der Waals surface area (Å²) in [4.78, 5) is 12.0. The summed E-state index contributed by atoms with van der Waals surface area (Å²) in [5.74, 6) is 0.347. The van der Waals surface area contributed by atoms with Gasteiger partial charge in [-0.25, -0.2) is 0 Å². The first-order chi connectivity index (χ1) is 8.23. The third-order valence-electron chi connectivity index (χ3n) is 2.65. The fraction of sp³-hybridized carbons (Fsp3) is 0.923. The number of hydrogen-bond donors (Lipinski definition) is 2. The van der Waals surface area contributed by atoms with Gasteiger partial charge in [-0.15, -0.1) is 0 Å². The molecule has 4 nitrogen and oxygen atoms in total. The maximum absolute atomic E-state index is 12.0. The van der Waals surface area contributed by atoms with E-state index in [0.717, 1.165) is 0 Å². The maximum Gasteiger partial charge on any atom is 0.326 e. The number of aliphatic hydroxyl groups excluding tert-OH is 1. The molecule has 0 rings (SSSR count). The standard InChI is InChI=1S/C13H27NO3S/c1-7-17-12(16)13(6,14-9(2)3)8-18-11(5)10(4)15/h9-11,14-15H,7-8H2,1-6H3. The van der Waals surface area contributed by atoms with Crippen LogP contribution in [0.5, 0.6) is 0 Å². The Morgan fingerprint density at radius 3 is 2.33 bits per heavy atom. The lowest BCUT2D eigenvalue weighted by Gasteiger charge is -2.31. The number of hydrogen-bond acceptors (Lipinski definition) is 5. The quantitative estimate of drug-likeness (QED) is 0.663. The van der Waals surface area contributed by atoms with E-state index in [0.29, 0.717) is 12.4 Å². The van der Waals surface area contributed by atoms with E-state index in [1.165, 1.54) is 0 Å². The number of carbonyl (C=O) groups is 1. The molecular weight excluding hydrogens is 250 g/mol. The van der Waals surface area contributed by atoms with Crippen LogP contribution in [0.4, 0.5) is 0 Å². The molecule has 0 bridgehead atoms. The number of nitrogens with one attached hydrogen (secondary N) is 1. The van der Waals surface area contributed by atoms with Crippen LogP contribution in [0.25, 0.3) is 0 Å². The van der Waals surface area contributed by atoms with Gasteiger partial charge < -0.3 is 9.84 Å². The van der Waals surface area contributed by atoms with E-state index in [1.807, 2.05) is 27.7 Å². The zero-order valence-corrected chi connectivity index (χ0v) is 13.1. The second kappa shape index (κ2) is 8.02. The topological polar surface area (TPSA) is 58.6 Å². The van der Waals surface area contributed by atoms with Crippen LogP contribution < -0.4 is 5.32 Å². The molecule has 3 unspecified atom stereocenters. The highest BCUT2D eigenvalue weighted by molar-refractivity contribution is 8.00. The largest absolute Gasteiger partial charge is 0.465 e.